The van der Waals surface area contributed by atoms with E-state index in [1.807, 2.05) is 6.07 Å². The Hall–Kier alpha value is -2.78. The monoisotopic (exact) mass is 536 g/mol. The SMILES string of the molecule is CC(C)N(CCCCC(=O)Cc1ccc(C(C)(C)C)cc1)C[C@H]1O[C@@H](n2ccc3c(N)ccnc32)[C@H](O)[C@@H]1O. The zero-order chi connectivity index (χ0) is 28.3. The number of pyridine rings is 1. The molecular weight excluding hydrogens is 492 g/mol. The van der Waals surface area contributed by atoms with Gasteiger partial charge < -0.3 is 25.3 Å². The molecule has 1 saturated heterocycles. The van der Waals surface area contributed by atoms with E-state index in [0.717, 1.165) is 30.3 Å². The highest BCUT2D eigenvalue weighted by atomic mass is 16.6. The van der Waals surface area contributed by atoms with Gasteiger partial charge >= 0.3 is 0 Å². The van der Waals surface area contributed by atoms with Crippen LogP contribution in [0.5, 0.6) is 0 Å². The number of carbonyl (C=O) groups excluding carboxylic acids is 1. The molecule has 8 nitrogen and oxygen atoms in total. The second-order valence-corrected chi connectivity index (χ2v) is 12.1. The summed E-state index contributed by atoms with van der Waals surface area (Å²) in [5, 5.41) is 22.4. The summed E-state index contributed by atoms with van der Waals surface area (Å²) in [5.74, 6) is 0.253. The second kappa shape index (κ2) is 12.2. The molecule has 0 spiro atoms. The van der Waals surface area contributed by atoms with Crippen LogP contribution in [0.4, 0.5) is 5.69 Å². The quantitative estimate of drug-likeness (QED) is 0.314. The van der Waals surface area contributed by atoms with Gasteiger partial charge in [-0.15, -0.1) is 0 Å². The van der Waals surface area contributed by atoms with E-state index in [4.69, 9.17) is 10.5 Å². The highest BCUT2D eigenvalue weighted by molar-refractivity contribution is 5.88. The van der Waals surface area contributed by atoms with Crippen molar-refractivity contribution >= 4 is 22.5 Å². The summed E-state index contributed by atoms with van der Waals surface area (Å²) in [6, 6.07) is 12.2. The number of unbranched alkanes of at least 4 members (excludes halogenated alkanes) is 1. The number of hydrogen-bond donors (Lipinski definition) is 3. The Kier molecular flexibility index (Phi) is 9.11. The number of nitrogens with two attached hydrogens (primary N) is 1. The Balaban J connectivity index is 1.27. The van der Waals surface area contributed by atoms with Crippen LogP contribution >= 0.6 is 0 Å². The fourth-order valence-corrected chi connectivity index (χ4v) is 5.26. The van der Waals surface area contributed by atoms with Gasteiger partial charge in [-0.2, -0.15) is 0 Å². The lowest BCUT2D eigenvalue weighted by Gasteiger charge is -2.30. The third-order valence-corrected chi connectivity index (χ3v) is 7.78. The molecule has 212 valence electrons. The summed E-state index contributed by atoms with van der Waals surface area (Å²) >= 11 is 0. The van der Waals surface area contributed by atoms with Crippen LogP contribution in [0, 0.1) is 0 Å². The molecular formula is C31H44N4O4. The number of nitrogen functional groups attached to an aromatic ring is 1. The van der Waals surface area contributed by atoms with Gasteiger partial charge in [0, 0.05) is 48.9 Å². The molecule has 0 bridgehead atoms. The lowest BCUT2D eigenvalue weighted by atomic mass is 9.86. The number of Topliss-reactive ketones (excluding diaryl/α,β-unsaturated/α-hetero) is 1. The predicted molar refractivity (Wildman–Crippen MR) is 154 cm³/mol. The van der Waals surface area contributed by atoms with Crippen molar-refractivity contribution in [3.63, 3.8) is 0 Å². The average Bonchev–Trinajstić information content (AvgIpc) is 3.42. The highest BCUT2D eigenvalue weighted by Crippen LogP contribution is 2.33. The molecule has 8 heteroatoms. The second-order valence-electron chi connectivity index (χ2n) is 12.1. The molecule has 1 aromatic carbocycles. The van der Waals surface area contributed by atoms with Gasteiger partial charge in [-0.05, 0) is 61.9 Å². The van der Waals surface area contributed by atoms with Crippen molar-refractivity contribution in [1.82, 2.24) is 14.5 Å². The van der Waals surface area contributed by atoms with E-state index >= 15 is 0 Å². The fourth-order valence-electron chi connectivity index (χ4n) is 5.26. The number of benzene rings is 1. The van der Waals surface area contributed by atoms with Gasteiger partial charge in [0.1, 0.15) is 29.7 Å². The van der Waals surface area contributed by atoms with E-state index in [2.05, 4.69) is 68.8 Å². The van der Waals surface area contributed by atoms with Crippen LogP contribution in [0.25, 0.3) is 11.0 Å². The van der Waals surface area contributed by atoms with Gasteiger partial charge in [-0.3, -0.25) is 9.69 Å². The van der Waals surface area contributed by atoms with Gasteiger partial charge in [0.15, 0.2) is 6.23 Å². The maximum Gasteiger partial charge on any atom is 0.164 e. The maximum atomic E-state index is 12.6. The molecule has 4 N–H and O–H groups in total. The number of fused-ring (bicyclic) bond motifs is 1. The van der Waals surface area contributed by atoms with E-state index in [9.17, 15) is 15.0 Å². The van der Waals surface area contributed by atoms with Crippen LogP contribution in [0.3, 0.4) is 0 Å². The fraction of sp³-hybridized carbons (Fsp3) is 0.548. The van der Waals surface area contributed by atoms with E-state index in [-0.39, 0.29) is 17.2 Å². The molecule has 0 amide bonds. The summed E-state index contributed by atoms with van der Waals surface area (Å²) in [6.07, 6.45) is 2.69. The van der Waals surface area contributed by atoms with Crippen molar-refractivity contribution in [3.05, 3.63) is 59.9 Å². The molecule has 0 saturated carbocycles. The average molecular weight is 537 g/mol. The molecule has 4 atom stereocenters. The maximum absolute atomic E-state index is 12.6. The molecule has 1 aliphatic rings. The number of aliphatic hydroxyl groups excluding tert-OH is 2. The van der Waals surface area contributed by atoms with Gasteiger partial charge in [0.25, 0.3) is 0 Å². The standard InChI is InChI=1S/C31H44N4O4/c1-20(2)34(16-7-6-8-23(36)18-21-9-11-22(12-10-21)31(3,4)5)19-26-27(37)28(38)30(39-26)35-17-14-24-25(32)13-15-33-29(24)35/h9-15,17,20,26-28,30,37-38H,6-8,16,18-19H2,1-5H3,(H2,32,33)/t26-,27-,28-,30-/m1/s1. The number of aromatic nitrogens is 2. The zero-order valence-corrected chi connectivity index (χ0v) is 23.9. The van der Waals surface area contributed by atoms with Crippen molar-refractivity contribution < 1.29 is 19.7 Å². The summed E-state index contributed by atoms with van der Waals surface area (Å²) in [7, 11) is 0. The van der Waals surface area contributed by atoms with Crippen molar-refractivity contribution in [2.24, 2.45) is 0 Å². The molecule has 2 aromatic heterocycles. The summed E-state index contributed by atoms with van der Waals surface area (Å²) in [6.45, 7) is 12.0. The largest absolute Gasteiger partial charge is 0.398 e. The van der Waals surface area contributed by atoms with Crippen LogP contribution in [0.1, 0.15) is 71.2 Å². The van der Waals surface area contributed by atoms with Crippen LogP contribution < -0.4 is 5.73 Å². The number of hydrogen-bond acceptors (Lipinski definition) is 7. The van der Waals surface area contributed by atoms with Gasteiger partial charge in [0.2, 0.25) is 0 Å². The number of aliphatic hydroxyl groups is 2. The van der Waals surface area contributed by atoms with E-state index in [1.54, 1.807) is 23.0 Å². The van der Waals surface area contributed by atoms with Crippen molar-refractivity contribution in [2.45, 2.75) is 96.3 Å². The molecule has 3 heterocycles. The Labute approximate surface area is 231 Å². The highest BCUT2D eigenvalue weighted by Gasteiger charge is 2.44. The Bertz CT molecular complexity index is 1250. The topological polar surface area (TPSA) is 114 Å². The first-order chi connectivity index (χ1) is 18.5. The molecule has 0 aliphatic carbocycles. The van der Waals surface area contributed by atoms with Crippen LogP contribution in [0.2, 0.25) is 0 Å². The zero-order valence-electron chi connectivity index (χ0n) is 23.9. The molecule has 1 aliphatic heterocycles. The summed E-state index contributed by atoms with van der Waals surface area (Å²) in [4.78, 5) is 19.2. The lowest BCUT2D eigenvalue weighted by Crippen LogP contribution is -2.43. The number of nitrogens with zero attached hydrogens (tertiary/aromatic N) is 3. The van der Waals surface area contributed by atoms with Gasteiger partial charge in [-0.1, -0.05) is 45.0 Å². The minimum atomic E-state index is -1.09. The van der Waals surface area contributed by atoms with Crippen molar-refractivity contribution in [3.8, 4) is 0 Å². The van der Waals surface area contributed by atoms with E-state index in [0.29, 0.717) is 30.7 Å². The Morgan fingerprint density at radius 1 is 1.10 bits per heavy atom. The first-order valence-corrected chi connectivity index (χ1v) is 14.0. The first kappa shape index (κ1) is 29.2. The Morgan fingerprint density at radius 3 is 2.49 bits per heavy atom. The summed E-state index contributed by atoms with van der Waals surface area (Å²) in [5.41, 5.74) is 9.71. The van der Waals surface area contributed by atoms with E-state index < -0.39 is 24.5 Å². The molecule has 4 rings (SSSR count). The van der Waals surface area contributed by atoms with Crippen LogP contribution in [0.15, 0.2) is 48.8 Å². The predicted octanol–water partition coefficient (Wildman–Crippen LogP) is 4.23. The van der Waals surface area contributed by atoms with Crippen molar-refractivity contribution in [2.75, 3.05) is 18.8 Å². The number of rotatable bonds is 11. The first-order valence-electron chi connectivity index (χ1n) is 14.0. The molecule has 39 heavy (non-hydrogen) atoms. The smallest absolute Gasteiger partial charge is 0.164 e. The molecule has 3 aromatic rings. The molecule has 0 radical (unpaired) electrons. The number of ketones is 1. The van der Waals surface area contributed by atoms with E-state index in [1.165, 1.54) is 5.56 Å². The van der Waals surface area contributed by atoms with Crippen LogP contribution in [-0.4, -0.2) is 67.9 Å². The minimum Gasteiger partial charge on any atom is -0.398 e. The minimum absolute atomic E-state index is 0.103. The van der Waals surface area contributed by atoms with Crippen molar-refractivity contribution in [1.29, 1.82) is 0 Å². The van der Waals surface area contributed by atoms with Gasteiger partial charge in [0.05, 0.1) is 0 Å². The number of ether oxygens (including phenoxy) is 1. The molecule has 0 unspecified atom stereocenters. The Morgan fingerprint density at radius 2 is 1.82 bits per heavy atom. The third kappa shape index (κ3) is 6.87. The lowest BCUT2D eigenvalue weighted by molar-refractivity contribution is -0.118. The summed E-state index contributed by atoms with van der Waals surface area (Å²) < 4.78 is 7.92. The van der Waals surface area contributed by atoms with Crippen LogP contribution in [-0.2, 0) is 21.4 Å². The third-order valence-electron chi connectivity index (χ3n) is 7.78. The van der Waals surface area contributed by atoms with Gasteiger partial charge in [-0.25, -0.2) is 4.98 Å². The normalized spacial score (nSPS) is 21.9. The number of carbonyl (C=O) groups is 1. The number of anilines is 1. The molecule has 1 fully saturated rings.